The summed E-state index contributed by atoms with van der Waals surface area (Å²) in [5.74, 6) is 1.68. The Kier molecular flexibility index (Phi) is 4.62. The summed E-state index contributed by atoms with van der Waals surface area (Å²) in [5, 5.41) is 5.24. The van der Waals surface area contributed by atoms with Crippen LogP contribution in [0.2, 0.25) is 5.02 Å². The Bertz CT molecular complexity index is 867. The first kappa shape index (κ1) is 16.4. The Balaban J connectivity index is 1.59. The van der Waals surface area contributed by atoms with Gasteiger partial charge in [-0.15, -0.1) is 0 Å². The molecule has 0 radical (unpaired) electrons. The van der Waals surface area contributed by atoms with Crippen LogP contribution in [-0.2, 0) is 0 Å². The standard InChI is InChI=1S/C20H23ClN4/c1-13(14-6-3-2-4-7-14)24-19-9-5-8-18(25-19)17-12-23-20-16(17)10-15(21)11-22-20/h5,8-14H,2-4,6-7H2,1H3,(H,22,23)(H,24,25)/t13-/m1/s1. The minimum atomic E-state index is 0.446. The molecule has 0 aliphatic heterocycles. The molecule has 0 amide bonds. The van der Waals surface area contributed by atoms with Crippen molar-refractivity contribution in [3.63, 3.8) is 0 Å². The van der Waals surface area contributed by atoms with Crippen LogP contribution < -0.4 is 5.32 Å². The summed E-state index contributed by atoms with van der Waals surface area (Å²) in [4.78, 5) is 12.4. The minimum Gasteiger partial charge on any atom is -0.367 e. The molecule has 4 nitrogen and oxygen atoms in total. The van der Waals surface area contributed by atoms with Gasteiger partial charge in [0.05, 0.1) is 10.7 Å². The lowest BCUT2D eigenvalue weighted by molar-refractivity contribution is 0.328. The van der Waals surface area contributed by atoms with Gasteiger partial charge in [0.15, 0.2) is 0 Å². The molecule has 1 saturated carbocycles. The fraction of sp³-hybridized carbons (Fsp3) is 0.400. The molecular weight excluding hydrogens is 332 g/mol. The zero-order valence-electron chi connectivity index (χ0n) is 14.4. The molecule has 3 heterocycles. The Morgan fingerprint density at radius 3 is 2.92 bits per heavy atom. The van der Waals surface area contributed by atoms with E-state index in [0.29, 0.717) is 11.1 Å². The van der Waals surface area contributed by atoms with E-state index in [1.165, 1.54) is 32.1 Å². The van der Waals surface area contributed by atoms with E-state index < -0.39 is 0 Å². The number of rotatable bonds is 4. The summed E-state index contributed by atoms with van der Waals surface area (Å²) in [5.41, 5.74) is 2.78. The number of anilines is 1. The molecule has 130 valence electrons. The van der Waals surface area contributed by atoms with Crippen molar-refractivity contribution < 1.29 is 0 Å². The Morgan fingerprint density at radius 2 is 2.08 bits per heavy atom. The van der Waals surface area contributed by atoms with E-state index in [9.17, 15) is 0 Å². The minimum absolute atomic E-state index is 0.446. The van der Waals surface area contributed by atoms with Crippen LogP contribution >= 0.6 is 11.6 Å². The van der Waals surface area contributed by atoms with Gasteiger partial charge in [-0.1, -0.05) is 36.9 Å². The molecule has 1 fully saturated rings. The molecule has 0 saturated heterocycles. The lowest BCUT2D eigenvalue weighted by atomic mass is 9.84. The monoisotopic (exact) mass is 354 g/mol. The molecule has 25 heavy (non-hydrogen) atoms. The van der Waals surface area contributed by atoms with Gasteiger partial charge in [-0.3, -0.25) is 0 Å². The average Bonchev–Trinajstić information content (AvgIpc) is 3.05. The largest absolute Gasteiger partial charge is 0.367 e. The first-order valence-electron chi connectivity index (χ1n) is 9.07. The molecule has 5 heteroatoms. The van der Waals surface area contributed by atoms with E-state index in [0.717, 1.165) is 34.0 Å². The zero-order valence-corrected chi connectivity index (χ0v) is 15.2. The topological polar surface area (TPSA) is 53.6 Å². The molecular formula is C20H23ClN4. The first-order chi connectivity index (χ1) is 12.2. The fourth-order valence-electron chi connectivity index (χ4n) is 3.84. The summed E-state index contributed by atoms with van der Waals surface area (Å²) in [6.07, 6.45) is 10.3. The van der Waals surface area contributed by atoms with Gasteiger partial charge in [-0.2, -0.15) is 0 Å². The van der Waals surface area contributed by atoms with Gasteiger partial charge >= 0.3 is 0 Å². The number of nitrogens with zero attached hydrogens (tertiary/aromatic N) is 2. The number of H-pyrrole nitrogens is 1. The predicted octanol–water partition coefficient (Wildman–Crippen LogP) is 5.66. The summed E-state index contributed by atoms with van der Waals surface area (Å²) in [7, 11) is 0. The Hall–Kier alpha value is -2.07. The van der Waals surface area contributed by atoms with Crippen molar-refractivity contribution >= 4 is 28.5 Å². The zero-order chi connectivity index (χ0) is 17.2. The third kappa shape index (κ3) is 3.49. The number of fused-ring (bicyclic) bond motifs is 1. The molecule has 2 N–H and O–H groups in total. The van der Waals surface area contributed by atoms with E-state index in [1.54, 1.807) is 6.20 Å². The normalized spacial score (nSPS) is 16.9. The van der Waals surface area contributed by atoms with Crippen molar-refractivity contribution in [1.82, 2.24) is 15.0 Å². The van der Waals surface area contributed by atoms with Crippen molar-refractivity contribution in [2.24, 2.45) is 5.92 Å². The summed E-state index contributed by atoms with van der Waals surface area (Å²) in [6, 6.07) is 8.50. The van der Waals surface area contributed by atoms with Gasteiger partial charge in [0.1, 0.15) is 11.5 Å². The van der Waals surface area contributed by atoms with Crippen LogP contribution in [0.1, 0.15) is 39.0 Å². The maximum atomic E-state index is 6.11. The molecule has 1 aliphatic rings. The van der Waals surface area contributed by atoms with Crippen LogP contribution in [0.3, 0.4) is 0 Å². The van der Waals surface area contributed by atoms with Crippen molar-refractivity contribution in [2.45, 2.75) is 45.1 Å². The van der Waals surface area contributed by atoms with Gasteiger partial charge in [-0.25, -0.2) is 9.97 Å². The molecule has 1 aliphatic carbocycles. The number of pyridine rings is 2. The van der Waals surface area contributed by atoms with Crippen molar-refractivity contribution in [3.8, 4) is 11.3 Å². The number of hydrogen-bond acceptors (Lipinski definition) is 3. The molecule has 1 atom stereocenters. The number of aromatic amines is 1. The quantitative estimate of drug-likeness (QED) is 0.635. The van der Waals surface area contributed by atoms with Crippen LogP contribution in [0.5, 0.6) is 0 Å². The van der Waals surface area contributed by atoms with Gasteiger partial charge in [0.25, 0.3) is 0 Å². The number of aromatic nitrogens is 3. The van der Waals surface area contributed by atoms with Gasteiger partial charge in [0, 0.05) is 29.4 Å². The number of hydrogen-bond donors (Lipinski definition) is 2. The molecule has 3 aromatic heterocycles. The second kappa shape index (κ2) is 7.04. The van der Waals surface area contributed by atoms with E-state index >= 15 is 0 Å². The van der Waals surface area contributed by atoms with Gasteiger partial charge in [0.2, 0.25) is 0 Å². The van der Waals surface area contributed by atoms with E-state index in [-0.39, 0.29) is 0 Å². The third-order valence-electron chi connectivity index (χ3n) is 5.26. The van der Waals surface area contributed by atoms with Crippen LogP contribution in [0.4, 0.5) is 5.82 Å². The second-order valence-corrected chi connectivity index (χ2v) is 7.43. The Labute approximate surface area is 153 Å². The molecule has 0 bridgehead atoms. The van der Waals surface area contributed by atoms with Crippen LogP contribution in [0.15, 0.2) is 36.7 Å². The smallest absolute Gasteiger partial charge is 0.138 e. The highest BCUT2D eigenvalue weighted by Crippen LogP contribution is 2.30. The van der Waals surface area contributed by atoms with E-state index in [1.807, 2.05) is 24.4 Å². The lowest BCUT2D eigenvalue weighted by Gasteiger charge is -2.28. The highest BCUT2D eigenvalue weighted by molar-refractivity contribution is 6.31. The maximum absolute atomic E-state index is 6.11. The molecule has 0 unspecified atom stereocenters. The maximum Gasteiger partial charge on any atom is 0.138 e. The van der Waals surface area contributed by atoms with Crippen LogP contribution in [0, 0.1) is 5.92 Å². The second-order valence-electron chi connectivity index (χ2n) is 6.99. The summed E-state index contributed by atoms with van der Waals surface area (Å²) < 4.78 is 0. The summed E-state index contributed by atoms with van der Waals surface area (Å²) >= 11 is 6.11. The molecule has 0 spiro atoms. The van der Waals surface area contributed by atoms with Crippen molar-refractivity contribution in [1.29, 1.82) is 0 Å². The van der Waals surface area contributed by atoms with Crippen molar-refractivity contribution in [3.05, 3.63) is 41.7 Å². The third-order valence-corrected chi connectivity index (χ3v) is 5.46. The molecule has 3 aromatic rings. The van der Waals surface area contributed by atoms with Crippen molar-refractivity contribution in [2.75, 3.05) is 5.32 Å². The van der Waals surface area contributed by atoms with E-state index in [2.05, 4.69) is 28.3 Å². The predicted molar refractivity (Wildman–Crippen MR) is 104 cm³/mol. The highest BCUT2D eigenvalue weighted by Gasteiger charge is 2.20. The number of nitrogens with one attached hydrogen (secondary N) is 2. The fourth-order valence-corrected chi connectivity index (χ4v) is 4.00. The van der Waals surface area contributed by atoms with Gasteiger partial charge < -0.3 is 10.3 Å². The van der Waals surface area contributed by atoms with Crippen LogP contribution in [-0.4, -0.2) is 21.0 Å². The molecule has 4 rings (SSSR count). The van der Waals surface area contributed by atoms with E-state index in [4.69, 9.17) is 16.6 Å². The Morgan fingerprint density at radius 1 is 1.24 bits per heavy atom. The van der Waals surface area contributed by atoms with Crippen LogP contribution in [0.25, 0.3) is 22.3 Å². The highest BCUT2D eigenvalue weighted by atomic mass is 35.5. The lowest BCUT2D eigenvalue weighted by Crippen LogP contribution is -2.28. The molecule has 0 aromatic carbocycles. The average molecular weight is 355 g/mol. The first-order valence-corrected chi connectivity index (χ1v) is 9.45. The SMILES string of the molecule is C[C@@H](Nc1cccc(-c2c[nH]c3ncc(Cl)cc23)n1)C1CCCCC1. The summed E-state index contributed by atoms with van der Waals surface area (Å²) in [6.45, 7) is 2.28. The van der Waals surface area contributed by atoms with Gasteiger partial charge in [-0.05, 0) is 43.9 Å². The number of halogens is 1.